The number of anilines is 1. The highest BCUT2D eigenvalue weighted by molar-refractivity contribution is 5.57. The first-order chi connectivity index (χ1) is 9.70. The van der Waals surface area contributed by atoms with Gasteiger partial charge in [-0.05, 0) is 19.4 Å². The smallest absolute Gasteiger partial charge is 0.311 e. The van der Waals surface area contributed by atoms with Crippen molar-refractivity contribution in [1.29, 1.82) is 0 Å². The third-order valence-corrected chi connectivity index (χ3v) is 3.15. The van der Waals surface area contributed by atoms with Gasteiger partial charge in [0.1, 0.15) is 0 Å². The molecule has 0 saturated heterocycles. The van der Waals surface area contributed by atoms with E-state index in [1.807, 2.05) is 0 Å². The van der Waals surface area contributed by atoms with Crippen LogP contribution in [0.5, 0.6) is 5.88 Å². The molecular formula is C13H18N4O3. The second kappa shape index (κ2) is 6.85. The molecule has 0 unspecified atom stereocenters. The predicted octanol–water partition coefficient (Wildman–Crippen LogP) is 1.72. The Hall–Kier alpha value is -2.15. The molecule has 2 rings (SSSR count). The molecule has 7 nitrogen and oxygen atoms in total. The Morgan fingerprint density at radius 2 is 2.40 bits per heavy atom. The molecule has 2 heterocycles. The van der Waals surface area contributed by atoms with Gasteiger partial charge in [-0.3, -0.25) is 10.1 Å². The zero-order chi connectivity index (χ0) is 14.4. The third-order valence-electron chi connectivity index (χ3n) is 3.15. The van der Waals surface area contributed by atoms with Crippen molar-refractivity contribution in [2.45, 2.75) is 12.8 Å². The molecule has 0 aromatic carbocycles. The zero-order valence-corrected chi connectivity index (χ0v) is 11.4. The minimum atomic E-state index is -0.446. The van der Waals surface area contributed by atoms with Crippen LogP contribution in [0.2, 0.25) is 0 Å². The van der Waals surface area contributed by atoms with Gasteiger partial charge < -0.3 is 15.4 Å². The standard InChI is InChI=1S/C13H18N4O3/c1-20-12-3-2-11(17(18)19)13(16-12)15-9-6-10-4-7-14-8-5-10/h2-4,14H,5-9H2,1H3,(H,15,16). The Bertz CT molecular complexity index is 516. The van der Waals surface area contributed by atoms with Crippen LogP contribution in [0.25, 0.3) is 0 Å². The van der Waals surface area contributed by atoms with Gasteiger partial charge in [0, 0.05) is 25.2 Å². The van der Waals surface area contributed by atoms with Gasteiger partial charge in [0.25, 0.3) is 0 Å². The molecule has 0 atom stereocenters. The largest absolute Gasteiger partial charge is 0.481 e. The highest BCUT2D eigenvalue weighted by atomic mass is 16.6. The maximum Gasteiger partial charge on any atom is 0.311 e. The number of nitrogens with one attached hydrogen (secondary N) is 2. The first-order valence-electron chi connectivity index (χ1n) is 6.52. The number of nitro groups is 1. The van der Waals surface area contributed by atoms with Crippen LogP contribution in [-0.4, -0.2) is 36.7 Å². The van der Waals surface area contributed by atoms with Crippen LogP contribution in [0.15, 0.2) is 23.8 Å². The van der Waals surface area contributed by atoms with Crippen LogP contribution in [0, 0.1) is 10.1 Å². The van der Waals surface area contributed by atoms with Gasteiger partial charge in [-0.15, -0.1) is 0 Å². The van der Waals surface area contributed by atoms with E-state index in [1.165, 1.54) is 24.8 Å². The fourth-order valence-electron chi connectivity index (χ4n) is 2.06. The lowest BCUT2D eigenvalue weighted by atomic mass is 10.1. The normalized spacial score (nSPS) is 14.6. The lowest BCUT2D eigenvalue weighted by molar-refractivity contribution is -0.384. The van der Waals surface area contributed by atoms with Gasteiger partial charge in [0.05, 0.1) is 12.0 Å². The highest BCUT2D eigenvalue weighted by Gasteiger charge is 2.16. The van der Waals surface area contributed by atoms with E-state index in [-0.39, 0.29) is 11.5 Å². The van der Waals surface area contributed by atoms with Crippen LogP contribution in [0.4, 0.5) is 11.5 Å². The van der Waals surface area contributed by atoms with E-state index in [1.54, 1.807) is 0 Å². The molecular weight excluding hydrogens is 260 g/mol. The molecule has 1 aromatic heterocycles. The van der Waals surface area contributed by atoms with Crippen LogP contribution in [0.3, 0.4) is 0 Å². The zero-order valence-electron chi connectivity index (χ0n) is 11.4. The molecule has 1 aliphatic rings. The minimum absolute atomic E-state index is 0.0370. The van der Waals surface area contributed by atoms with Gasteiger partial charge in [0.15, 0.2) is 0 Å². The number of ether oxygens (including phenoxy) is 1. The van der Waals surface area contributed by atoms with Crippen molar-refractivity contribution >= 4 is 11.5 Å². The number of hydrogen-bond donors (Lipinski definition) is 2. The van der Waals surface area contributed by atoms with E-state index in [2.05, 4.69) is 21.7 Å². The van der Waals surface area contributed by atoms with Gasteiger partial charge in [-0.25, -0.2) is 0 Å². The molecule has 0 fully saturated rings. The second-order valence-electron chi connectivity index (χ2n) is 4.47. The molecule has 0 bridgehead atoms. The summed E-state index contributed by atoms with van der Waals surface area (Å²) in [5.74, 6) is 0.614. The highest BCUT2D eigenvalue weighted by Crippen LogP contribution is 2.25. The molecule has 1 aliphatic heterocycles. The maximum atomic E-state index is 11.0. The summed E-state index contributed by atoms with van der Waals surface area (Å²) in [5, 5.41) is 17.2. The molecule has 7 heteroatoms. The quantitative estimate of drug-likeness (QED) is 0.468. The Morgan fingerprint density at radius 1 is 1.55 bits per heavy atom. The van der Waals surface area contributed by atoms with Crippen LogP contribution in [-0.2, 0) is 0 Å². The summed E-state index contributed by atoms with van der Waals surface area (Å²) in [4.78, 5) is 14.6. The van der Waals surface area contributed by atoms with Gasteiger partial charge in [0.2, 0.25) is 11.7 Å². The van der Waals surface area contributed by atoms with Gasteiger partial charge >= 0.3 is 5.69 Å². The molecule has 108 valence electrons. The average Bonchev–Trinajstić information content (AvgIpc) is 2.48. The average molecular weight is 278 g/mol. The van der Waals surface area contributed by atoms with Crippen molar-refractivity contribution < 1.29 is 9.66 Å². The molecule has 0 radical (unpaired) electrons. The van der Waals surface area contributed by atoms with Crippen molar-refractivity contribution in [2.24, 2.45) is 0 Å². The number of methoxy groups -OCH3 is 1. The van der Waals surface area contributed by atoms with E-state index in [0.717, 1.165) is 25.9 Å². The number of nitrogens with zero attached hydrogens (tertiary/aromatic N) is 2. The number of rotatable bonds is 6. The Morgan fingerprint density at radius 3 is 3.05 bits per heavy atom. The topological polar surface area (TPSA) is 89.3 Å². The third kappa shape index (κ3) is 3.67. The van der Waals surface area contributed by atoms with E-state index in [9.17, 15) is 10.1 Å². The SMILES string of the molecule is COc1ccc([N+](=O)[O-])c(NCCC2=CCNCC2)n1. The number of pyridine rings is 1. The summed E-state index contributed by atoms with van der Waals surface area (Å²) >= 11 is 0. The van der Waals surface area contributed by atoms with E-state index < -0.39 is 4.92 Å². The molecule has 0 amide bonds. The lowest BCUT2D eigenvalue weighted by Gasteiger charge is -2.14. The Kier molecular flexibility index (Phi) is 4.89. The summed E-state index contributed by atoms with van der Waals surface area (Å²) in [6, 6.07) is 2.89. The molecule has 0 spiro atoms. The minimum Gasteiger partial charge on any atom is -0.481 e. The first kappa shape index (κ1) is 14.3. The lowest BCUT2D eigenvalue weighted by Crippen LogP contribution is -2.21. The summed E-state index contributed by atoms with van der Waals surface area (Å²) in [5.41, 5.74) is 1.33. The van der Waals surface area contributed by atoms with Crippen molar-refractivity contribution in [3.63, 3.8) is 0 Å². The second-order valence-corrected chi connectivity index (χ2v) is 4.47. The van der Waals surface area contributed by atoms with E-state index in [0.29, 0.717) is 12.4 Å². The first-order valence-corrected chi connectivity index (χ1v) is 6.52. The fourth-order valence-corrected chi connectivity index (χ4v) is 2.06. The molecule has 20 heavy (non-hydrogen) atoms. The van der Waals surface area contributed by atoms with Crippen molar-refractivity contribution in [3.8, 4) is 5.88 Å². The van der Waals surface area contributed by atoms with Crippen molar-refractivity contribution in [1.82, 2.24) is 10.3 Å². The molecule has 2 N–H and O–H groups in total. The van der Waals surface area contributed by atoms with E-state index >= 15 is 0 Å². The van der Waals surface area contributed by atoms with Gasteiger partial charge in [-0.2, -0.15) is 4.98 Å². The molecule has 1 aromatic rings. The monoisotopic (exact) mass is 278 g/mol. The van der Waals surface area contributed by atoms with Crippen molar-refractivity contribution in [2.75, 3.05) is 32.1 Å². The Labute approximate surface area is 117 Å². The molecule has 0 saturated carbocycles. The molecule has 0 aliphatic carbocycles. The van der Waals surface area contributed by atoms with Crippen LogP contribution < -0.4 is 15.4 Å². The summed E-state index contributed by atoms with van der Waals surface area (Å²) in [7, 11) is 1.48. The van der Waals surface area contributed by atoms with Crippen molar-refractivity contribution in [3.05, 3.63) is 33.9 Å². The Balaban J connectivity index is 2.00. The summed E-state index contributed by atoms with van der Waals surface area (Å²) in [6.07, 6.45) is 4.05. The summed E-state index contributed by atoms with van der Waals surface area (Å²) in [6.45, 7) is 2.50. The summed E-state index contributed by atoms with van der Waals surface area (Å²) < 4.78 is 4.99. The fraction of sp³-hybridized carbons (Fsp3) is 0.462. The maximum absolute atomic E-state index is 11.0. The number of aromatic nitrogens is 1. The van der Waals surface area contributed by atoms with Gasteiger partial charge in [-0.1, -0.05) is 11.6 Å². The van der Waals surface area contributed by atoms with E-state index in [4.69, 9.17) is 4.74 Å². The van der Waals surface area contributed by atoms with Crippen LogP contribution in [0.1, 0.15) is 12.8 Å². The predicted molar refractivity (Wildman–Crippen MR) is 76.1 cm³/mol. The number of hydrogen-bond acceptors (Lipinski definition) is 6. The van der Waals surface area contributed by atoms with Crippen LogP contribution >= 0.6 is 0 Å².